The van der Waals surface area contributed by atoms with E-state index in [9.17, 15) is 13.2 Å². The van der Waals surface area contributed by atoms with Gasteiger partial charge in [0.1, 0.15) is 4.90 Å². The first kappa shape index (κ1) is 12.0. The van der Waals surface area contributed by atoms with Crippen LogP contribution in [0.3, 0.4) is 0 Å². The molecule has 0 unspecified atom stereocenters. The molecule has 0 radical (unpaired) electrons. The molecule has 1 aromatic rings. The van der Waals surface area contributed by atoms with Gasteiger partial charge in [0.15, 0.2) is 0 Å². The van der Waals surface area contributed by atoms with E-state index in [4.69, 9.17) is 5.11 Å². The molecule has 2 N–H and O–H groups in total. The molecule has 0 spiro atoms. The van der Waals surface area contributed by atoms with Gasteiger partial charge in [-0.2, -0.15) is 0 Å². The van der Waals surface area contributed by atoms with Crippen LogP contribution in [0.2, 0.25) is 0 Å². The number of aliphatic carboxylic acids is 1. The van der Waals surface area contributed by atoms with Gasteiger partial charge in [-0.3, -0.25) is 9.78 Å². The van der Waals surface area contributed by atoms with Crippen molar-refractivity contribution in [2.75, 3.05) is 0 Å². The molecule has 1 saturated carbocycles. The highest BCUT2D eigenvalue weighted by atomic mass is 32.2. The molecule has 7 heteroatoms. The number of hydrogen-bond acceptors (Lipinski definition) is 4. The van der Waals surface area contributed by atoms with E-state index in [1.807, 2.05) is 0 Å². The van der Waals surface area contributed by atoms with Gasteiger partial charge in [-0.15, -0.1) is 0 Å². The first-order valence-electron chi connectivity index (χ1n) is 5.14. The van der Waals surface area contributed by atoms with Gasteiger partial charge in [0.25, 0.3) is 0 Å². The first-order chi connectivity index (χ1) is 7.99. The van der Waals surface area contributed by atoms with Crippen LogP contribution < -0.4 is 4.72 Å². The fraction of sp³-hybridized carbons (Fsp3) is 0.400. The van der Waals surface area contributed by atoms with Crippen LogP contribution in [0.25, 0.3) is 0 Å². The van der Waals surface area contributed by atoms with Gasteiger partial charge in [-0.25, -0.2) is 13.1 Å². The molecular formula is C10H12N2O4S. The number of carbonyl (C=O) groups is 1. The van der Waals surface area contributed by atoms with Crippen molar-refractivity contribution < 1.29 is 18.3 Å². The zero-order chi connectivity index (χ0) is 12.5. The summed E-state index contributed by atoms with van der Waals surface area (Å²) in [5, 5.41) is 8.68. The van der Waals surface area contributed by atoms with E-state index < -0.39 is 21.9 Å². The Bertz CT molecular complexity index is 508. The van der Waals surface area contributed by atoms with E-state index in [1.165, 1.54) is 24.5 Å². The third-order valence-corrected chi connectivity index (χ3v) is 4.26. The van der Waals surface area contributed by atoms with E-state index in [2.05, 4.69) is 9.71 Å². The highest BCUT2D eigenvalue weighted by molar-refractivity contribution is 7.89. The normalized spacial score (nSPS) is 24.0. The lowest BCUT2D eigenvalue weighted by Gasteiger charge is -2.32. The maximum atomic E-state index is 11.8. The quantitative estimate of drug-likeness (QED) is 0.803. The molecule has 0 aliphatic heterocycles. The SMILES string of the molecule is O=C(O)C1CC(NS(=O)(=O)c2cccnc2)C1. The summed E-state index contributed by atoms with van der Waals surface area (Å²) in [6.45, 7) is 0. The van der Waals surface area contributed by atoms with E-state index in [-0.39, 0.29) is 10.9 Å². The summed E-state index contributed by atoms with van der Waals surface area (Å²) in [6, 6.07) is 2.69. The van der Waals surface area contributed by atoms with Crippen molar-refractivity contribution in [2.45, 2.75) is 23.8 Å². The Morgan fingerprint density at radius 3 is 2.71 bits per heavy atom. The van der Waals surface area contributed by atoms with Crippen LogP contribution in [-0.2, 0) is 14.8 Å². The number of aromatic nitrogens is 1. The molecule has 0 atom stereocenters. The molecule has 17 heavy (non-hydrogen) atoms. The lowest BCUT2D eigenvalue weighted by molar-refractivity contribution is -0.145. The zero-order valence-corrected chi connectivity index (χ0v) is 9.72. The fourth-order valence-corrected chi connectivity index (χ4v) is 2.93. The van der Waals surface area contributed by atoms with Gasteiger partial charge < -0.3 is 5.11 Å². The highest BCUT2D eigenvalue weighted by Crippen LogP contribution is 2.28. The number of carboxylic acid groups (broad SMARTS) is 1. The Balaban J connectivity index is 1.99. The zero-order valence-electron chi connectivity index (χ0n) is 8.91. The van der Waals surface area contributed by atoms with Gasteiger partial charge in [-0.05, 0) is 25.0 Å². The van der Waals surface area contributed by atoms with Crippen molar-refractivity contribution in [1.29, 1.82) is 0 Å². The number of pyridine rings is 1. The minimum atomic E-state index is -3.57. The average Bonchev–Trinajstić information content (AvgIpc) is 2.24. The average molecular weight is 256 g/mol. The highest BCUT2D eigenvalue weighted by Gasteiger charge is 2.36. The molecule has 1 aliphatic rings. The molecular weight excluding hydrogens is 244 g/mol. The Hall–Kier alpha value is -1.47. The molecule has 1 heterocycles. The Morgan fingerprint density at radius 1 is 1.47 bits per heavy atom. The van der Waals surface area contributed by atoms with Crippen LogP contribution in [0, 0.1) is 5.92 Å². The van der Waals surface area contributed by atoms with Crippen molar-refractivity contribution in [3.8, 4) is 0 Å². The molecule has 0 bridgehead atoms. The Labute approximate surface area is 98.7 Å². The maximum Gasteiger partial charge on any atom is 0.306 e. The summed E-state index contributed by atoms with van der Waals surface area (Å²) in [6.07, 6.45) is 3.43. The summed E-state index contributed by atoms with van der Waals surface area (Å²) >= 11 is 0. The standard InChI is InChI=1S/C10H12N2O4S/c13-10(14)7-4-8(5-7)12-17(15,16)9-2-1-3-11-6-9/h1-3,6-8,12H,4-5H2,(H,13,14). The van der Waals surface area contributed by atoms with Gasteiger partial charge in [0.2, 0.25) is 10.0 Å². The molecule has 1 aliphatic carbocycles. The molecule has 0 amide bonds. The van der Waals surface area contributed by atoms with Crippen molar-refractivity contribution in [3.05, 3.63) is 24.5 Å². The second kappa shape index (κ2) is 4.42. The lowest BCUT2D eigenvalue weighted by Crippen LogP contribution is -2.46. The summed E-state index contributed by atoms with van der Waals surface area (Å²) in [5.41, 5.74) is 0. The number of rotatable bonds is 4. The van der Waals surface area contributed by atoms with Crippen molar-refractivity contribution in [1.82, 2.24) is 9.71 Å². The molecule has 0 saturated heterocycles. The topological polar surface area (TPSA) is 96.4 Å². The molecule has 1 aromatic heterocycles. The van der Waals surface area contributed by atoms with Crippen LogP contribution >= 0.6 is 0 Å². The number of nitrogens with one attached hydrogen (secondary N) is 1. The molecule has 0 aromatic carbocycles. The summed E-state index contributed by atoms with van der Waals surface area (Å²) in [7, 11) is -3.57. The minimum Gasteiger partial charge on any atom is -0.481 e. The van der Waals surface area contributed by atoms with E-state index in [1.54, 1.807) is 0 Å². The number of carboxylic acids is 1. The summed E-state index contributed by atoms with van der Waals surface area (Å²) in [4.78, 5) is 14.4. The molecule has 2 rings (SSSR count). The predicted molar refractivity (Wildman–Crippen MR) is 58.7 cm³/mol. The Morgan fingerprint density at radius 2 is 2.18 bits per heavy atom. The predicted octanol–water partition coefficient (Wildman–Crippen LogP) is 0.223. The van der Waals surface area contributed by atoms with Crippen LogP contribution in [-0.4, -0.2) is 30.5 Å². The van der Waals surface area contributed by atoms with Crippen molar-refractivity contribution in [2.24, 2.45) is 5.92 Å². The van der Waals surface area contributed by atoms with Crippen LogP contribution in [0.15, 0.2) is 29.4 Å². The number of sulfonamides is 1. The summed E-state index contributed by atoms with van der Waals surface area (Å²) < 4.78 is 26.1. The second-order valence-electron chi connectivity index (χ2n) is 4.01. The number of hydrogen-bond donors (Lipinski definition) is 2. The third-order valence-electron chi connectivity index (χ3n) is 2.75. The van der Waals surface area contributed by atoms with Crippen LogP contribution in [0.1, 0.15) is 12.8 Å². The van der Waals surface area contributed by atoms with Gasteiger partial charge in [-0.1, -0.05) is 0 Å². The second-order valence-corrected chi connectivity index (χ2v) is 5.73. The Kier molecular flexibility index (Phi) is 3.12. The first-order valence-corrected chi connectivity index (χ1v) is 6.62. The summed E-state index contributed by atoms with van der Waals surface area (Å²) in [5.74, 6) is -1.31. The fourth-order valence-electron chi connectivity index (χ4n) is 1.71. The van der Waals surface area contributed by atoms with Gasteiger partial charge in [0, 0.05) is 18.4 Å². The van der Waals surface area contributed by atoms with E-state index in [0.29, 0.717) is 12.8 Å². The van der Waals surface area contributed by atoms with Crippen molar-refractivity contribution >= 4 is 16.0 Å². The third kappa shape index (κ3) is 2.62. The lowest BCUT2D eigenvalue weighted by atomic mass is 9.81. The van der Waals surface area contributed by atoms with Crippen LogP contribution in [0.5, 0.6) is 0 Å². The minimum absolute atomic E-state index is 0.0961. The number of nitrogens with zero attached hydrogens (tertiary/aromatic N) is 1. The van der Waals surface area contributed by atoms with Gasteiger partial charge >= 0.3 is 5.97 Å². The van der Waals surface area contributed by atoms with Crippen LogP contribution in [0.4, 0.5) is 0 Å². The molecule has 1 fully saturated rings. The molecule has 6 nitrogen and oxygen atoms in total. The van der Waals surface area contributed by atoms with E-state index in [0.717, 1.165) is 0 Å². The molecule has 92 valence electrons. The largest absolute Gasteiger partial charge is 0.481 e. The van der Waals surface area contributed by atoms with Crippen molar-refractivity contribution in [3.63, 3.8) is 0 Å². The maximum absolute atomic E-state index is 11.8. The van der Waals surface area contributed by atoms with Gasteiger partial charge in [0.05, 0.1) is 5.92 Å². The smallest absolute Gasteiger partial charge is 0.306 e. The van der Waals surface area contributed by atoms with E-state index >= 15 is 0 Å². The monoisotopic (exact) mass is 256 g/mol.